The summed E-state index contributed by atoms with van der Waals surface area (Å²) >= 11 is 0. The number of hydrogen-bond acceptors (Lipinski definition) is 4. The Morgan fingerprint density at radius 1 is 0.971 bits per heavy atom. The molecule has 0 spiro atoms. The molecule has 2 amide bonds. The number of para-hydroxylation sites is 1. The van der Waals surface area contributed by atoms with Gasteiger partial charge in [0.25, 0.3) is 0 Å². The van der Waals surface area contributed by atoms with Gasteiger partial charge in [-0.05, 0) is 54.3 Å². The van der Waals surface area contributed by atoms with Crippen molar-refractivity contribution in [3.8, 4) is 0 Å². The fourth-order valence-corrected chi connectivity index (χ4v) is 3.91. The molecule has 4 aromatic rings. The number of benzene rings is 3. The van der Waals surface area contributed by atoms with Gasteiger partial charge in [-0.3, -0.25) is 14.5 Å². The molecule has 180 valence electrons. The number of halogens is 1. The first kappa shape index (κ1) is 24.1. The highest BCUT2D eigenvalue weighted by atomic mass is 19.1. The Morgan fingerprint density at radius 3 is 2.37 bits per heavy atom. The largest absolute Gasteiger partial charge is 0.354 e. The van der Waals surface area contributed by atoms with Crippen molar-refractivity contribution in [3.05, 3.63) is 90.2 Å². The van der Waals surface area contributed by atoms with Crippen molar-refractivity contribution in [1.29, 1.82) is 0 Å². The van der Waals surface area contributed by atoms with Crippen LogP contribution < -0.4 is 10.2 Å². The minimum Gasteiger partial charge on any atom is -0.354 e. The summed E-state index contributed by atoms with van der Waals surface area (Å²) in [7, 11) is 0. The molecule has 0 aliphatic rings. The van der Waals surface area contributed by atoms with Crippen molar-refractivity contribution in [2.24, 2.45) is 5.92 Å². The summed E-state index contributed by atoms with van der Waals surface area (Å²) < 4.78 is 15.3. The summed E-state index contributed by atoms with van der Waals surface area (Å²) in [6.07, 6.45) is 0.808. The molecule has 7 nitrogen and oxygen atoms in total. The summed E-state index contributed by atoms with van der Waals surface area (Å²) in [5, 5.41) is 11.2. The SMILES string of the molecule is CC(C)CCNC(=O)C(c1ccccc1)N(C(=O)Cn1nnc2ccccc21)c1ccc(F)cc1. The highest BCUT2D eigenvalue weighted by molar-refractivity contribution is 6.01. The van der Waals surface area contributed by atoms with Crippen LogP contribution in [0.5, 0.6) is 0 Å². The molecule has 3 aromatic carbocycles. The number of carbonyl (C=O) groups excluding carboxylic acids is 2. The maximum absolute atomic E-state index is 13.8. The lowest BCUT2D eigenvalue weighted by molar-refractivity contribution is -0.127. The Hall–Kier alpha value is -4.07. The first-order valence-electron chi connectivity index (χ1n) is 11.6. The van der Waals surface area contributed by atoms with Gasteiger partial charge in [-0.15, -0.1) is 5.10 Å². The summed E-state index contributed by atoms with van der Waals surface area (Å²) in [6, 6.07) is 21.1. The third-order valence-electron chi connectivity index (χ3n) is 5.72. The fraction of sp³-hybridized carbons (Fsp3) is 0.259. The topological polar surface area (TPSA) is 80.1 Å². The van der Waals surface area contributed by atoms with Gasteiger partial charge >= 0.3 is 0 Å². The molecule has 4 rings (SSSR count). The quantitative estimate of drug-likeness (QED) is 0.388. The van der Waals surface area contributed by atoms with Crippen LogP contribution in [0.4, 0.5) is 10.1 Å². The first-order chi connectivity index (χ1) is 16.9. The lowest BCUT2D eigenvalue weighted by atomic mass is 10.0. The zero-order chi connectivity index (χ0) is 24.8. The molecule has 35 heavy (non-hydrogen) atoms. The summed E-state index contributed by atoms with van der Waals surface area (Å²) in [5.74, 6) is -0.694. The highest BCUT2D eigenvalue weighted by Gasteiger charge is 2.33. The molecule has 1 heterocycles. The Morgan fingerprint density at radius 2 is 1.66 bits per heavy atom. The van der Waals surface area contributed by atoms with Gasteiger partial charge in [-0.2, -0.15) is 0 Å². The smallest absolute Gasteiger partial charge is 0.249 e. The number of rotatable bonds is 9. The van der Waals surface area contributed by atoms with E-state index in [-0.39, 0.29) is 18.4 Å². The number of anilines is 1. The van der Waals surface area contributed by atoms with Crippen LogP contribution in [0.25, 0.3) is 11.0 Å². The average molecular weight is 474 g/mol. The van der Waals surface area contributed by atoms with E-state index in [1.807, 2.05) is 42.5 Å². The van der Waals surface area contributed by atoms with E-state index in [2.05, 4.69) is 29.5 Å². The van der Waals surface area contributed by atoms with E-state index in [0.717, 1.165) is 6.42 Å². The van der Waals surface area contributed by atoms with Gasteiger partial charge < -0.3 is 5.32 Å². The fourth-order valence-electron chi connectivity index (χ4n) is 3.91. The van der Waals surface area contributed by atoms with E-state index < -0.39 is 11.9 Å². The molecule has 8 heteroatoms. The lowest BCUT2D eigenvalue weighted by Gasteiger charge is -2.31. The van der Waals surface area contributed by atoms with Crippen LogP contribution in [0.1, 0.15) is 31.9 Å². The maximum atomic E-state index is 13.8. The minimum absolute atomic E-state index is 0.138. The number of nitrogens with zero attached hydrogens (tertiary/aromatic N) is 4. The molecule has 0 bridgehead atoms. The lowest BCUT2D eigenvalue weighted by Crippen LogP contribution is -2.45. The van der Waals surface area contributed by atoms with Crippen molar-refractivity contribution in [1.82, 2.24) is 20.3 Å². The molecule has 0 aliphatic heterocycles. The molecule has 0 radical (unpaired) electrons. The van der Waals surface area contributed by atoms with Crippen LogP contribution in [0.15, 0.2) is 78.9 Å². The predicted molar refractivity (Wildman–Crippen MR) is 133 cm³/mol. The Bertz CT molecular complexity index is 1290. The van der Waals surface area contributed by atoms with Crippen molar-refractivity contribution in [2.75, 3.05) is 11.4 Å². The van der Waals surface area contributed by atoms with E-state index in [1.54, 1.807) is 12.1 Å². The Labute approximate surface area is 203 Å². The van der Waals surface area contributed by atoms with Crippen LogP contribution in [0, 0.1) is 11.7 Å². The van der Waals surface area contributed by atoms with Crippen molar-refractivity contribution >= 4 is 28.5 Å². The summed E-state index contributed by atoms with van der Waals surface area (Å²) in [4.78, 5) is 28.7. The molecule has 0 saturated carbocycles. The van der Waals surface area contributed by atoms with Gasteiger partial charge in [-0.25, -0.2) is 9.07 Å². The molecule has 1 aromatic heterocycles. The zero-order valence-electron chi connectivity index (χ0n) is 19.8. The van der Waals surface area contributed by atoms with E-state index >= 15 is 0 Å². The second-order valence-electron chi connectivity index (χ2n) is 8.76. The molecular weight excluding hydrogens is 445 g/mol. The van der Waals surface area contributed by atoms with Gasteiger partial charge in [0.05, 0.1) is 5.52 Å². The molecule has 1 atom stereocenters. The number of aromatic nitrogens is 3. The number of carbonyl (C=O) groups is 2. The van der Waals surface area contributed by atoms with E-state index in [4.69, 9.17) is 0 Å². The molecule has 1 unspecified atom stereocenters. The zero-order valence-corrected chi connectivity index (χ0v) is 19.8. The second kappa shape index (κ2) is 10.9. The van der Waals surface area contributed by atoms with Crippen molar-refractivity contribution < 1.29 is 14.0 Å². The van der Waals surface area contributed by atoms with Crippen LogP contribution in [0.3, 0.4) is 0 Å². The second-order valence-corrected chi connectivity index (χ2v) is 8.76. The Balaban J connectivity index is 1.73. The highest BCUT2D eigenvalue weighted by Crippen LogP contribution is 2.29. The van der Waals surface area contributed by atoms with E-state index in [0.29, 0.717) is 34.7 Å². The number of amides is 2. The number of hydrogen-bond donors (Lipinski definition) is 1. The summed E-state index contributed by atoms with van der Waals surface area (Å²) in [6.45, 7) is 4.51. The number of nitrogens with one attached hydrogen (secondary N) is 1. The molecule has 0 aliphatic carbocycles. The van der Waals surface area contributed by atoms with Gasteiger partial charge in [0.1, 0.15) is 23.9 Å². The van der Waals surface area contributed by atoms with Crippen molar-refractivity contribution in [2.45, 2.75) is 32.9 Å². The van der Waals surface area contributed by atoms with Crippen molar-refractivity contribution in [3.63, 3.8) is 0 Å². The molecule has 0 fully saturated rings. The molecular formula is C27H28FN5O2. The van der Waals surface area contributed by atoms with Gasteiger partial charge in [0.2, 0.25) is 11.8 Å². The average Bonchev–Trinajstić information content (AvgIpc) is 3.26. The number of fused-ring (bicyclic) bond motifs is 1. The normalized spacial score (nSPS) is 12.0. The van der Waals surface area contributed by atoms with E-state index in [9.17, 15) is 14.0 Å². The minimum atomic E-state index is -0.948. The predicted octanol–water partition coefficient (Wildman–Crippen LogP) is 4.51. The van der Waals surface area contributed by atoms with Crippen LogP contribution >= 0.6 is 0 Å². The van der Waals surface area contributed by atoms with Crippen LogP contribution in [0.2, 0.25) is 0 Å². The van der Waals surface area contributed by atoms with Gasteiger partial charge in [0, 0.05) is 12.2 Å². The third kappa shape index (κ3) is 5.71. The monoisotopic (exact) mass is 473 g/mol. The summed E-state index contributed by atoms with van der Waals surface area (Å²) in [5.41, 5.74) is 2.43. The third-order valence-corrected chi connectivity index (χ3v) is 5.72. The molecule has 0 saturated heterocycles. The van der Waals surface area contributed by atoms with E-state index in [1.165, 1.54) is 33.8 Å². The maximum Gasteiger partial charge on any atom is 0.249 e. The van der Waals surface area contributed by atoms with Crippen LogP contribution in [-0.2, 0) is 16.1 Å². The standard InChI is InChI=1S/C27H28FN5O2/c1-19(2)16-17-29-27(35)26(20-8-4-3-5-9-20)33(22-14-12-21(28)13-15-22)25(34)18-32-24-11-7-6-10-23(24)30-31-32/h3-15,19,26H,16-18H2,1-2H3,(H,29,35). The Kier molecular flexibility index (Phi) is 7.50. The van der Waals surface area contributed by atoms with Gasteiger partial charge in [0.15, 0.2) is 0 Å². The first-order valence-corrected chi connectivity index (χ1v) is 11.6. The van der Waals surface area contributed by atoms with Gasteiger partial charge in [-0.1, -0.05) is 61.5 Å². The van der Waals surface area contributed by atoms with Crippen LogP contribution in [-0.4, -0.2) is 33.4 Å². The molecule has 1 N–H and O–H groups in total.